The van der Waals surface area contributed by atoms with Crippen LogP contribution in [0.15, 0.2) is 0 Å². The maximum Gasteiger partial charge on any atom is 0.248 e. The highest BCUT2D eigenvalue weighted by molar-refractivity contribution is 5.78. The lowest BCUT2D eigenvalue weighted by atomic mass is 9.90. The zero-order chi connectivity index (χ0) is 10.7. The fourth-order valence-electron chi connectivity index (χ4n) is 2.45. The number of hydrogen-bond acceptors (Lipinski definition) is 3. The van der Waals surface area contributed by atoms with Gasteiger partial charge in [-0.2, -0.15) is 0 Å². The summed E-state index contributed by atoms with van der Waals surface area (Å²) in [5.74, 6) is 0.154. The van der Waals surface area contributed by atoms with Crippen LogP contribution in [0.25, 0.3) is 0 Å². The number of piperidine rings is 1. The molecule has 0 atom stereocenters. The first kappa shape index (κ1) is 10.9. The molecule has 4 heteroatoms. The van der Waals surface area contributed by atoms with Crippen LogP contribution in [0, 0.1) is 0 Å². The zero-order valence-corrected chi connectivity index (χ0v) is 9.42. The fraction of sp³-hybridized carbons (Fsp3) is 0.909. The van der Waals surface area contributed by atoms with Crippen molar-refractivity contribution in [2.24, 2.45) is 0 Å². The lowest BCUT2D eigenvalue weighted by molar-refractivity contribution is -0.167. The molecule has 0 aromatic rings. The van der Waals surface area contributed by atoms with Gasteiger partial charge in [0, 0.05) is 13.1 Å². The first-order chi connectivity index (χ1) is 7.26. The molecule has 86 valence electrons. The summed E-state index contributed by atoms with van der Waals surface area (Å²) in [4.78, 5) is 13.6. The molecule has 4 nitrogen and oxygen atoms in total. The third kappa shape index (κ3) is 2.32. The summed E-state index contributed by atoms with van der Waals surface area (Å²) in [5.41, 5.74) is -0.0473. The van der Waals surface area contributed by atoms with Crippen molar-refractivity contribution in [1.29, 1.82) is 0 Å². The Balaban J connectivity index is 2.00. The normalized spacial score (nSPS) is 25.9. The van der Waals surface area contributed by atoms with E-state index in [1.165, 1.54) is 0 Å². The van der Waals surface area contributed by atoms with E-state index >= 15 is 0 Å². The van der Waals surface area contributed by atoms with Crippen LogP contribution in [0.1, 0.15) is 26.2 Å². The lowest BCUT2D eigenvalue weighted by Crippen LogP contribution is -2.58. The Labute approximate surface area is 91.0 Å². The van der Waals surface area contributed by atoms with E-state index in [1.54, 1.807) is 0 Å². The Hall–Kier alpha value is -0.610. The van der Waals surface area contributed by atoms with Crippen LogP contribution in [0.3, 0.4) is 0 Å². The number of morpholine rings is 1. The van der Waals surface area contributed by atoms with Gasteiger partial charge in [-0.05, 0) is 32.4 Å². The third-order valence-electron chi connectivity index (χ3n) is 3.34. The van der Waals surface area contributed by atoms with Crippen molar-refractivity contribution < 1.29 is 9.53 Å². The highest BCUT2D eigenvalue weighted by Gasteiger charge is 2.40. The van der Waals surface area contributed by atoms with Gasteiger partial charge < -0.3 is 15.0 Å². The predicted octanol–water partition coefficient (Wildman–Crippen LogP) is 0.377. The maximum atomic E-state index is 11.6. The standard InChI is InChI=1S/C11H20N2O2/c1-2-7-13-9-11(15-8-10(13)14)3-5-12-6-4-11/h12H,2-9H2,1H3. The average Bonchev–Trinajstić information content (AvgIpc) is 2.26. The second kappa shape index (κ2) is 4.49. The molecule has 15 heavy (non-hydrogen) atoms. The molecule has 1 spiro atoms. The van der Waals surface area contributed by atoms with Crippen LogP contribution < -0.4 is 5.32 Å². The summed E-state index contributed by atoms with van der Waals surface area (Å²) in [6, 6.07) is 0. The average molecular weight is 212 g/mol. The van der Waals surface area contributed by atoms with Crippen molar-refractivity contribution in [3.63, 3.8) is 0 Å². The van der Waals surface area contributed by atoms with E-state index in [9.17, 15) is 4.79 Å². The van der Waals surface area contributed by atoms with E-state index in [0.717, 1.165) is 45.4 Å². The van der Waals surface area contributed by atoms with Gasteiger partial charge in [0.25, 0.3) is 0 Å². The Morgan fingerprint density at radius 2 is 2.20 bits per heavy atom. The second-order valence-corrected chi connectivity index (χ2v) is 4.54. The number of carbonyl (C=O) groups excluding carboxylic acids is 1. The second-order valence-electron chi connectivity index (χ2n) is 4.54. The minimum atomic E-state index is -0.0473. The van der Waals surface area contributed by atoms with E-state index in [-0.39, 0.29) is 18.1 Å². The number of amides is 1. The molecule has 2 aliphatic rings. The van der Waals surface area contributed by atoms with Crippen LogP contribution in [-0.4, -0.2) is 49.2 Å². The van der Waals surface area contributed by atoms with Crippen molar-refractivity contribution in [3.8, 4) is 0 Å². The molecule has 1 amide bonds. The topological polar surface area (TPSA) is 41.6 Å². The van der Waals surface area contributed by atoms with Gasteiger partial charge in [0.05, 0.1) is 5.60 Å². The predicted molar refractivity (Wildman–Crippen MR) is 57.7 cm³/mol. The first-order valence-corrected chi connectivity index (χ1v) is 5.88. The van der Waals surface area contributed by atoms with Gasteiger partial charge in [0.15, 0.2) is 0 Å². The highest BCUT2D eigenvalue weighted by atomic mass is 16.5. The van der Waals surface area contributed by atoms with Crippen molar-refractivity contribution in [2.75, 3.05) is 32.8 Å². The van der Waals surface area contributed by atoms with Crippen molar-refractivity contribution in [2.45, 2.75) is 31.8 Å². The van der Waals surface area contributed by atoms with Gasteiger partial charge in [-0.3, -0.25) is 4.79 Å². The Morgan fingerprint density at radius 3 is 2.87 bits per heavy atom. The quantitative estimate of drug-likeness (QED) is 0.719. The minimum Gasteiger partial charge on any atom is -0.363 e. The van der Waals surface area contributed by atoms with Gasteiger partial charge in [0.2, 0.25) is 5.91 Å². The fourth-order valence-corrected chi connectivity index (χ4v) is 2.45. The Kier molecular flexibility index (Phi) is 3.26. The summed E-state index contributed by atoms with van der Waals surface area (Å²) in [5, 5.41) is 3.33. The number of ether oxygens (including phenoxy) is 1. The highest BCUT2D eigenvalue weighted by Crippen LogP contribution is 2.27. The zero-order valence-electron chi connectivity index (χ0n) is 9.42. The van der Waals surface area contributed by atoms with Crippen LogP contribution in [0.4, 0.5) is 0 Å². The lowest BCUT2D eigenvalue weighted by Gasteiger charge is -2.44. The summed E-state index contributed by atoms with van der Waals surface area (Å²) in [6.07, 6.45) is 3.08. The van der Waals surface area contributed by atoms with Crippen LogP contribution >= 0.6 is 0 Å². The molecular formula is C11H20N2O2. The number of nitrogens with one attached hydrogen (secondary N) is 1. The molecule has 2 rings (SSSR count). The summed E-state index contributed by atoms with van der Waals surface area (Å²) in [7, 11) is 0. The molecule has 2 heterocycles. The van der Waals surface area contributed by atoms with Crippen LogP contribution in [0.5, 0.6) is 0 Å². The van der Waals surface area contributed by atoms with Crippen molar-refractivity contribution >= 4 is 5.91 Å². The number of carbonyl (C=O) groups is 1. The largest absolute Gasteiger partial charge is 0.363 e. The van der Waals surface area contributed by atoms with Gasteiger partial charge in [0.1, 0.15) is 6.61 Å². The monoisotopic (exact) mass is 212 g/mol. The molecule has 0 aromatic carbocycles. The van der Waals surface area contributed by atoms with Gasteiger partial charge in [-0.1, -0.05) is 6.92 Å². The molecule has 0 bridgehead atoms. The SMILES string of the molecule is CCCN1CC2(CCNCC2)OCC1=O. The number of nitrogens with zero attached hydrogens (tertiary/aromatic N) is 1. The van der Waals surface area contributed by atoms with Crippen molar-refractivity contribution in [3.05, 3.63) is 0 Å². The molecule has 0 unspecified atom stereocenters. The number of rotatable bonds is 2. The Bertz CT molecular complexity index is 237. The maximum absolute atomic E-state index is 11.6. The van der Waals surface area contributed by atoms with Crippen LogP contribution in [-0.2, 0) is 9.53 Å². The summed E-state index contributed by atoms with van der Waals surface area (Å²) in [6.45, 7) is 6.07. The van der Waals surface area contributed by atoms with E-state index in [1.807, 2.05) is 4.90 Å². The smallest absolute Gasteiger partial charge is 0.248 e. The molecule has 0 aliphatic carbocycles. The molecule has 0 aromatic heterocycles. The van der Waals surface area contributed by atoms with Crippen molar-refractivity contribution in [1.82, 2.24) is 10.2 Å². The van der Waals surface area contributed by atoms with Gasteiger partial charge >= 0.3 is 0 Å². The Morgan fingerprint density at radius 1 is 1.47 bits per heavy atom. The summed E-state index contributed by atoms with van der Waals surface area (Å²) < 4.78 is 5.76. The van der Waals surface area contributed by atoms with E-state index in [2.05, 4.69) is 12.2 Å². The van der Waals surface area contributed by atoms with E-state index in [4.69, 9.17) is 4.74 Å². The van der Waals surface area contributed by atoms with E-state index < -0.39 is 0 Å². The van der Waals surface area contributed by atoms with E-state index in [0.29, 0.717) is 0 Å². The third-order valence-corrected chi connectivity index (χ3v) is 3.34. The molecular weight excluding hydrogens is 192 g/mol. The molecule has 1 N–H and O–H groups in total. The summed E-state index contributed by atoms with van der Waals surface area (Å²) >= 11 is 0. The molecule has 2 fully saturated rings. The molecule has 0 saturated carbocycles. The van der Waals surface area contributed by atoms with Gasteiger partial charge in [-0.15, -0.1) is 0 Å². The first-order valence-electron chi connectivity index (χ1n) is 5.88. The molecule has 0 radical (unpaired) electrons. The van der Waals surface area contributed by atoms with Crippen LogP contribution in [0.2, 0.25) is 0 Å². The van der Waals surface area contributed by atoms with Gasteiger partial charge in [-0.25, -0.2) is 0 Å². The number of hydrogen-bond donors (Lipinski definition) is 1. The molecule has 2 saturated heterocycles. The molecule has 2 aliphatic heterocycles. The minimum absolute atomic E-state index is 0.0473.